The number of rotatable bonds is 6. The molecular formula is C52H33NO2. The van der Waals surface area contributed by atoms with Crippen molar-refractivity contribution < 1.29 is 14.3 Å². The van der Waals surface area contributed by atoms with Crippen LogP contribution in [0.3, 0.4) is 0 Å². The Kier molecular flexibility index (Phi) is 6.27. The van der Waals surface area contributed by atoms with E-state index in [1.807, 2.05) is 157 Å². The summed E-state index contributed by atoms with van der Waals surface area (Å²) in [7, 11) is 0. The maximum Gasteiger partial charge on any atom is 0.136 e. The molecule has 0 radical (unpaired) electrons. The number of anilines is 3. The van der Waals surface area contributed by atoms with Crippen LogP contribution in [0.15, 0.2) is 209 Å². The van der Waals surface area contributed by atoms with Gasteiger partial charge in [-0.25, -0.2) is 0 Å². The first-order valence-corrected chi connectivity index (χ1v) is 18.3. The number of hydrogen-bond donors (Lipinski definition) is 0. The van der Waals surface area contributed by atoms with Gasteiger partial charge in [0.25, 0.3) is 0 Å². The van der Waals surface area contributed by atoms with Crippen LogP contribution in [0.1, 0.15) is 5.48 Å². The van der Waals surface area contributed by atoms with Gasteiger partial charge in [-0.1, -0.05) is 139 Å². The molecule has 0 fully saturated rings. The van der Waals surface area contributed by atoms with Gasteiger partial charge in [0.1, 0.15) is 22.3 Å². The predicted octanol–water partition coefficient (Wildman–Crippen LogP) is 15.1. The maximum absolute atomic E-state index is 9.56. The molecule has 0 bridgehead atoms. The van der Waals surface area contributed by atoms with Crippen molar-refractivity contribution in [3.05, 3.63) is 200 Å². The highest BCUT2D eigenvalue weighted by molar-refractivity contribution is 6.13. The number of nitrogens with zero attached hydrogens (tertiary/aromatic N) is 1. The lowest BCUT2D eigenvalue weighted by atomic mass is 9.97. The van der Waals surface area contributed by atoms with Crippen LogP contribution in [0.4, 0.5) is 17.1 Å². The van der Waals surface area contributed by atoms with Gasteiger partial charge in [-0.15, -0.1) is 0 Å². The van der Waals surface area contributed by atoms with Crippen LogP contribution in [0.25, 0.3) is 88.0 Å². The Labute approximate surface area is 323 Å². The SMILES string of the molecule is [2H]c1c([2H])c(N(c2ccc(-c3cccc4oc5ccccc5c34)cc2)c2ccc(-c3cccc4oc5ccccc5c34)cc2)c([2H])c([2H])c1-c1cccc2ccccc12. The van der Waals surface area contributed by atoms with Crippen molar-refractivity contribution in [3.63, 3.8) is 0 Å². The molecule has 3 nitrogen and oxygen atoms in total. The average Bonchev–Trinajstić information content (AvgIpc) is 3.86. The summed E-state index contributed by atoms with van der Waals surface area (Å²) in [6, 6.07) is 57.4. The molecule has 2 heterocycles. The standard InChI is InChI=1S/C52H33NO2/c1-2-12-41-34(10-1)11-7-15-42(41)35-22-28-38(29-23-35)53(39-30-24-36(25-31-39)43-16-8-20-49-51(43)45-13-3-5-18-47(45)54-49)40-32-26-37(27-33-40)44-17-9-21-50-52(44)46-14-4-6-19-48(46)55-50/h1-33H/i22D,23D,28D,29D. The minimum absolute atomic E-state index is 0.104. The molecule has 3 heteroatoms. The van der Waals surface area contributed by atoms with Crippen LogP contribution in [-0.2, 0) is 0 Å². The summed E-state index contributed by atoms with van der Waals surface area (Å²) in [5.41, 5.74) is 9.75. The van der Waals surface area contributed by atoms with Crippen molar-refractivity contribution in [2.24, 2.45) is 0 Å². The molecule has 9 aromatic carbocycles. The van der Waals surface area contributed by atoms with Gasteiger partial charge in [-0.3, -0.25) is 0 Å². The lowest BCUT2D eigenvalue weighted by Crippen LogP contribution is -2.09. The molecule has 0 aliphatic heterocycles. The van der Waals surface area contributed by atoms with Crippen LogP contribution in [0.5, 0.6) is 0 Å². The quantitative estimate of drug-likeness (QED) is 0.172. The van der Waals surface area contributed by atoms with Crippen LogP contribution in [0.2, 0.25) is 0 Å². The minimum Gasteiger partial charge on any atom is -0.456 e. The second kappa shape index (κ2) is 12.6. The second-order valence-electron chi connectivity index (χ2n) is 13.7. The van der Waals surface area contributed by atoms with E-state index >= 15 is 0 Å². The van der Waals surface area contributed by atoms with Gasteiger partial charge in [0.15, 0.2) is 0 Å². The van der Waals surface area contributed by atoms with Crippen LogP contribution in [0, 0.1) is 0 Å². The molecule has 0 saturated heterocycles. The van der Waals surface area contributed by atoms with E-state index in [-0.39, 0.29) is 35.4 Å². The fourth-order valence-electron chi connectivity index (χ4n) is 8.01. The third kappa shape index (κ3) is 5.20. The molecular weight excluding hydrogens is 671 g/mol. The van der Waals surface area contributed by atoms with Crippen molar-refractivity contribution in [3.8, 4) is 33.4 Å². The Morgan fingerprint density at radius 1 is 0.327 bits per heavy atom. The minimum atomic E-state index is -0.133. The molecule has 0 amide bonds. The highest BCUT2D eigenvalue weighted by Crippen LogP contribution is 2.42. The number of furan rings is 2. The Bertz CT molecular complexity index is 3250. The molecule has 258 valence electrons. The topological polar surface area (TPSA) is 29.5 Å². The molecule has 0 spiro atoms. The van der Waals surface area contributed by atoms with E-state index in [2.05, 4.69) is 24.3 Å². The molecule has 55 heavy (non-hydrogen) atoms. The molecule has 0 aliphatic rings. The summed E-state index contributed by atoms with van der Waals surface area (Å²) in [6.45, 7) is 0. The van der Waals surface area contributed by atoms with Crippen LogP contribution < -0.4 is 4.90 Å². The number of hydrogen-bond acceptors (Lipinski definition) is 3. The van der Waals surface area contributed by atoms with Gasteiger partial charge < -0.3 is 13.7 Å². The molecule has 2 aromatic heterocycles. The monoisotopic (exact) mass is 707 g/mol. The number of para-hydroxylation sites is 2. The van der Waals surface area contributed by atoms with Gasteiger partial charge in [0.2, 0.25) is 0 Å². The molecule has 11 rings (SSSR count). The highest BCUT2D eigenvalue weighted by atomic mass is 16.3. The predicted molar refractivity (Wildman–Crippen MR) is 229 cm³/mol. The average molecular weight is 708 g/mol. The van der Waals surface area contributed by atoms with Crippen LogP contribution in [-0.4, -0.2) is 0 Å². The lowest BCUT2D eigenvalue weighted by molar-refractivity contribution is 0.668. The third-order valence-corrected chi connectivity index (χ3v) is 10.6. The van der Waals surface area contributed by atoms with Crippen molar-refractivity contribution in [1.29, 1.82) is 0 Å². The molecule has 0 saturated carbocycles. The molecule has 11 aromatic rings. The van der Waals surface area contributed by atoms with E-state index in [1.54, 1.807) is 0 Å². The molecule has 0 atom stereocenters. The molecule has 0 N–H and O–H groups in total. The van der Waals surface area contributed by atoms with Crippen molar-refractivity contribution in [2.75, 3.05) is 4.90 Å². The van der Waals surface area contributed by atoms with Crippen molar-refractivity contribution >= 4 is 71.7 Å². The van der Waals surface area contributed by atoms with Gasteiger partial charge >= 0.3 is 0 Å². The van der Waals surface area contributed by atoms with E-state index in [1.165, 1.54) is 0 Å². The van der Waals surface area contributed by atoms with Gasteiger partial charge in [0.05, 0.1) is 5.48 Å². The summed E-state index contributed by atoms with van der Waals surface area (Å²) in [5.74, 6) is 0. The van der Waals surface area contributed by atoms with Crippen LogP contribution >= 0.6 is 0 Å². The van der Waals surface area contributed by atoms with Gasteiger partial charge in [-0.2, -0.15) is 0 Å². The zero-order valence-electron chi connectivity index (χ0n) is 33.5. The zero-order valence-corrected chi connectivity index (χ0v) is 29.5. The molecule has 0 unspecified atom stereocenters. The third-order valence-electron chi connectivity index (χ3n) is 10.6. The van der Waals surface area contributed by atoms with Gasteiger partial charge in [0, 0.05) is 38.6 Å². The Balaban J connectivity index is 1.08. The van der Waals surface area contributed by atoms with Crippen molar-refractivity contribution in [1.82, 2.24) is 0 Å². The number of benzene rings is 9. The maximum atomic E-state index is 9.56. The Morgan fingerprint density at radius 3 is 1.33 bits per heavy atom. The summed E-state index contributed by atoms with van der Waals surface area (Å²) < 4.78 is 50.3. The smallest absolute Gasteiger partial charge is 0.136 e. The first-order valence-electron chi connectivity index (χ1n) is 20.3. The summed E-state index contributed by atoms with van der Waals surface area (Å²) in [6.07, 6.45) is 0. The first-order chi connectivity index (χ1) is 28.9. The lowest BCUT2D eigenvalue weighted by Gasteiger charge is -2.26. The highest BCUT2D eigenvalue weighted by Gasteiger charge is 2.17. The second-order valence-corrected chi connectivity index (χ2v) is 13.7. The molecule has 0 aliphatic carbocycles. The van der Waals surface area contributed by atoms with Gasteiger partial charge in [-0.05, 0) is 105 Å². The van der Waals surface area contributed by atoms with Crippen molar-refractivity contribution in [2.45, 2.75) is 0 Å². The van der Waals surface area contributed by atoms with E-state index in [0.29, 0.717) is 16.9 Å². The summed E-state index contributed by atoms with van der Waals surface area (Å²) >= 11 is 0. The van der Waals surface area contributed by atoms with E-state index in [9.17, 15) is 5.48 Å². The Morgan fingerprint density at radius 2 is 0.764 bits per heavy atom. The Hall–Kier alpha value is -7.36. The fraction of sp³-hybridized carbons (Fsp3) is 0. The normalized spacial score (nSPS) is 12.7. The van der Waals surface area contributed by atoms with E-state index in [0.717, 1.165) is 76.9 Å². The summed E-state index contributed by atoms with van der Waals surface area (Å²) in [4.78, 5) is 1.84. The summed E-state index contributed by atoms with van der Waals surface area (Å²) in [5, 5.41) is 5.98. The largest absolute Gasteiger partial charge is 0.456 e. The van der Waals surface area contributed by atoms with E-state index in [4.69, 9.17) is 8.83 Å². The first kappa shape index (κ1) is 27.3. The fourth-order valence-corrected chi connectivity index (χ4v) is 8.01. The van der Waals surface area contributed by atoms with E-state index < -0.39 is 0 Å². The zero-order chi connectivity index (χ0) is 39.8. The number of fused-ring (bicyclic) bond motifs is 7.